The standard InChI is InChI=1S/C12H24O17P2/c13-5-3(1-25-30(19,20)21)27-11(9(17)7(5)15)29-12-10(18)8(16)6(14)4(28-12)2-26-31(22,23)24/h3-18H,1-2H2,(H2,19,20,21)(H2,22,23,24)/t3-,4-,5-,6-,7+,8+,9-,10-,11-,12-/m1/s1. The molecular formula is C12H24O17P2. The summed E-state index contributed by atoms with van der Waals surface area (Å²) in [4.78, 5) is 35.0. The first kappa shape index (κ1) is 27.1. The number of ether oxygens (including phenoxy) is 3. The van der Waals surface area contributed by atoms with E-state index in [9.17, 15) is 39.8 Å². The third kappa shape index (κ3) is 7.43. The lowest BCUT2D eigenvalue weighted by Crippen LogP contribution is -2.63. The molecule has 19 heteroatoms. The van der Waals surface area contributed by atoms with Crippen LogP contribution < -0.4 is 0 Å². The lowest BCUT2D eigenvalue weighted by molar-refractivity contribution is -0.375. The molecule has 2 aliphatic rings. The van der Waals surface area contributed by atoms with Crippen LogP contribution in [-0.2, 0) is 32.4 Å². The molecule has 0 radical (unpaired) electrons. The maximum atomic E-state index is 10.8. The van der Waals surface area contributed by atoms with E-state index in [1.54, 1.807) is 0 Å². The largest absolute Gasteiger partial charge is 0.469 e. The minimum atomic E-state index is -4.98. The fourth-order valence-corrected chi connectivity index (χ4v) is 3.49. The summed E-state index contributed by atoms with van der Waals surface area (Å²) in [6.45, 7) is -1.88. The topological polar surface area (TPSA) is 283 Å². The smallest absolute Gasteiger partial charge is 0.387 e. The van der Waals surface area contributed by atoms with E-state index in [0.29, 0.717) is 0 Å². The van der Waals surface area contributed by atoms with Gasteiger partial charge in [-0.1, -0.05) is 0 Å². The summed E-state index contributed by atoms with van der Waals surface area (Å²) < 4.78 is 45.3. The predicted octanol–water partition coefficient (Wildman–Crippen LogP) is -5.16. The van der Waals surface area contributed by atoms with Gasteiger partial charge in [0.05, 0.1) is 13.2 Å². The molecule has 0 aromatic heterocycles. The van der Waals surface area contributed by atoms with Crippen molar-refractivity contribution in [1.82, 2.24) is 0 Å². The SMILES string of the molecule is O=P(O)(O)OC[C@H]1O[C@H](O[C@H]2O[C@H](COP(=O)(O)O)[C@@H](O)[C@H](O)[C@H]2O)[C@H](O)[C@@H](O)[C@@H]1O. The average Bonchev–Trinajstić information content (AvgIpc) is 2.65. The Bertz CT molecular complexity index is 624. The molecule has 0 amide bonds. The zero-order valence-corrected chi connectivity index (χ0v) is 17.2. The second-order valence-electron chi connectivity index (χ2n) is 6.74. The van der Waals surface area contributed by atoms with E-state index in [1.165, 1.54) is 0 Å². The second-order valence-corrected chi connectivity index (χ2v) is 9.22. The summed E-state index contributed by atoms with van der Waals surface area (Å²) in [5.74, 6) is 0. The van der Waals surface area contributed by atoms with Crippen LogP contribution in [0.15, 0.2) is 0 Å². The van der Waals surface area contributed by atoms with Crippen LogP contribution in [-0.4, -0.2) is 125 Å². The van der Waals surface area contributed by atoms with E-state index < -0.39 is 90.3 Å². The van der Waals surface area contributed by atoms with E-state index >= 15 is 0 Å². The molecule has 0 unspecified atom stereocenters. The normalized spacial score (nSPS) is 42.5. The van der Waals surface area contributed by atoms with Crippen molar-refractivity contribution >= 4 is 15.6 Å². The Kier molecular flexibility index (Phi) is 9.11. The summed E-state index contributed by atoms with van der Waals surface area (Å²) in [6.07, 6.45) is -18.7. The fourth-order valence-electron chi connectivity index (χ4n) is 2.81. The van der Waals surface area contributed by atoms with E-state index in [1.807, 2.05) is 0 Å². The van der Waals surface area contributed by atoms with Crippen molar-refractivity contribution in [3.8, 4) is 0 Å². The number of hydrogen-bond acceptors (Lipinski definition) is 13. The van der Waals surface area contributed by atoms with Crippen molar-refractivity contribution in [3.05, 3.63) is 0 Å². The summed E-state index contributed by atoms with van der Waals surface area (Å²) >= 11 is 0. The second kappa shape index (κ2) is 10.4. The number of phosphoric ester groups is 2. The van der Waals surface area contributed by atoms with E-state index in [0.717, 1.165) is 0 Å². The number of aliphatic hydroxyl groups excluding tert-OH is 6. The molecule has 10 N–H and O–H groups in total. The highest BCUT2D eigenvalue weighted by Crippen LogP contribution is 2.38. The molecule has 0 spiro atoms. The zero-order valence-electron chi connectivity index (χ0n) is 15.4. The van der Waals surface area contributed by atoms with Crippen LogP contribution in [0.5, 0.6) is 0 Å². The molecule has 184 valence electrons. The van der Waals surface area contributed by atoms with Crippen LogP contribution in [0.3, 0.4) is 0 Å². The van der Waals surface area contributed by atoms with Gasteiger partial charge in [0, 0.05) is 0 Å². The van der Waals surface area contributed by atoms with Crippen LogP contribution in [0.25, 0.3) is 0 Å². The van der Waals surface area contributed by atoms with Crippen molar-refractivity contribution < 1.29 is 82.6 Å². The van der Waals surface area contributed by atoms with Gasteiger partial charge in [-0.25, -0.2) is 9.13 Å². The van der Waals surface area contributed by atoms with E-state index in [-0.39, 0.29) is 0 Å². The monoisotopic (exact) mass is 502 g/mol. The number of phosphoric acid groups is 2. The van der Waals surface area contributed by atoms with Crippen LogP contribution >= 0.6 is 15.6 Å². The van der Waals surface area contributed by atoms with Gasteiger partial charge in [0.2, 0.25) is 0 Å². The highest BCUT2D eigenvalue weighted by Gasteiger charge is 2.50. The summed E-state index contributed by atoms with van der Waals surface area (Å²) in [6, 6.07) is 0. The fraction of sp³-hybridized carbons (Fsp3) is 1.00. The van der Waals surface area contributed by atoms with Crippen LogP contribution in [0, 0.1) is 0 Å². The third-order valence-corrected chi connectivity index (χ3v) is 5.39. The molecule has 0 bridgehead atoms. The van der Waals surface area contributed by atoms with Gasteiger partial charge < -0.3 is 64.4 Å². The van der Waals surface area contributed by atoms with E-state index in [4.69, 9.17) is 33.8 Å². The molecule has 0 aromatic rings. The molecule has 2 heterocycles. The van der Waals surface area contributed by atoms with Crippen molar-refractivity contribution in [1.29, 1.82) is 0 Å². The molecule has 0 saturated carbocycles. The van der Waals surface area contributed by atoms with E-state index in [2.05, 4.69) is 9.05 Å². The van der Waals surface area contributed by atoms with Gasteiger partial charge in [-0.05, 0) is 0 Å². The minimum Gasteiger partial charge on any atom is -0.387 e. The number of hydrogen-bond donors (Lipinski definition) is 10. The Morgan fingerprint density at radius 3 is 1.19 bits per heavy atom. The zero-order chi connectivity index (χ0) is 23.7. The maximum absolute atomic E-state index is 10.8. The quantitative estimate of drug-likeness (QED) is 0.139. The first-order valence-electron chi connectivity index (χ1n) is 8.55. The molecule has 2 saturated heterocycles. The Balaban J connectivity index is 2.09. The highest BCUT2D eigenvalue weighted by atomic mass is 31.2. The Morgan fingerprint density at radius 1 is 0.581 bits per heavy atom. The first-order valence-corrected chi connectivity index (χ1v) is 11.6. The first-order chi connectivity index (χ1) is 14.1. The summed E-state index contributed by atoms with van der Waals surface area (Å²) in [5, 5.41) is 59.7. The van der Waals surface area contributed by atoms with Crippen LogP contribution in [0.4, 0.5) is 0 Å². The van der Waals surface area contributed by atoms with Gasteiger partial charge in [0.1, 0.15) is 48.8 Å². The van der Waals surface area contributed by atoms with Gasteiger partial charge >= 0.3 is 15.6 Å². The van der Waals surface area contributed by atoms with Crippen molar-refractivity contribution in [2.24, 2.45) is 0 Å². The van der Waals surface area contributed by atoms with Gasteiger partial charge in [-0.15, -0.1) is 0 Å². The molecule has 17 nitrogen and oxygen atoms in total. The van der Waals surface area contributed by atoms with Crippen molar-refractivity contribution in [3.63, 3.8) is 0 Å². The predicted molar refractivity (Wildman–Crippen MR) is 90.4 cm³/mol. The average molecular weight is 502 g/mol. The van der Waals surface area contributed by atoms with Crippen molar-refractivity contribution in [2.75, 3.05) is 13.2 Å². The lowest BCUT2D eigenvalue weighted by atomic mass is 9.98. The number of aliphatic hydroxyl groups is 6. The molecule has 0 aliphatic carbocycles. The molecule has 2 fully saturated rings. The molecule has 2 rings (SSSR count). The highest BCUT2D eigenvalue weighted by molar-refractivity contribution is 7.46. The Hall–Kier alpha value is -0.140. The summed E-state index contributed by atoms with van der Waals surface area (Å²) in [7, 11) is -9.96. The molecule has 0 aromatic carbocycles. The molecule has 10 atom stereocenters. The lowest BCUT2D eigenvalue weighted by Gasteiger charge is -2.44. The van der Waals surface area contributed by atoms with Gasteiger partial charge in [-0.2, -0.15) is 0 Å². The van der Waals surface area contributed by atoms with Crippen LogP contribution in [0.1, 0.15) is 0 Å². The molecule has 31 heavy (non-hydrogen) atoms. The minimum absolute atomic E-state index is 0.941. The van der Waals surface area contributed by atoms with Gasteiger partial charge in [0.25, 0.3) is 0 Å². The molecule has 2 aliphatic heterocycles. The summed E-state index contributed by atoms with van der Waals surface area (Å²) in [5.41, 5.74) is 0. The van der Waals surface area contributed by atoms with Crippen molar-refractivity contribution in [2.45, 2.75) is 61.4 Å². The maximum Gasteiger partial charge on any atom is 0.469 e. The van der Waals surface area contributed by atoms with Gasteiger partial charge in [0.15, 0.2) is 12.6 Å². The third-order valence-electron chi connectivity index (χ3n) is 4.42. The Labute approximate surface area is 173 Å². The number of rotatable bonds is 8. The Morgan fingerprint density at radius 2 is 0.903 bits per heavy atom. The molecular weight excluding hydrogens is 478 g/mol. The van der Waals surface area contributed by atoms with Crippen LogP contribution in [0.2, 0.25) is 0 Å². The van der Waals surface area contributed by atoms with Gasteiger partial charge in [-0.3, -0.25) is 9.05 Å².